The van der Waals surface area contributed by atoms with Crippen LogP contribution in [-0.4, -0.2) is 11.4 Å². The Morgan fingerprint density at radius 3 is 2.00 bits per heavy atom. The van der Waals surface area contributed by atoms with Crippen LogP contribution in [-0.2, 0) is 4.89 Å². The number of rotatable bonds is 7. The van der Waals surface area contributed by atoms with Gasteiger partial charge in [-0.25, -0.2) is 5.26 Å². The second-order valence-electron chi connectivity index (χ2n) is 7.08. The highest BCUT2D eigenvalue weighted by Crippen LogP contribution is 2.46. The summed E-state index contributed by atoms with van der Waals surface area (Å²) in [5.41, 5.74) is 3.65. The molecule has 0 aromatic heterocycles. The molecule has 0 spiro atoms. The van der Waals surface area contributed by atoms with Gasteiger partial charge in [0.1, 0.15) is 0 Å². The summed E-state index contributed by atoms with van der Waals surface area (Å²) in [6.45, 7) is 12.1. The first-order valence-corrected chi connectivity index (χ1v) is 8.77. The van der Waals surface area contributed by atoms with Crippen LogP contribution < -0.4 is 9.78 Å². The van der Waals surface area contributed by atoms with Gasteiger partial charge in [0.25, 0.3) is 0 Å². The predicted octanol–water partition coefficient (Wildman–Crippen LogP) is 6.17. The maximum Gasteiger partial charge on any atom is 0.174 e. The molecular formula is C21H28O4. The van der Waals surface area contributed by atoms with Crippen molar-refractivity contribution >= 4 is 0 Å². The van der Waals surface area contributed by atoms with Crippen molar-refractivity contribution in [3.8, 4) is 22.6 Å². The van der Waals surface area contributed by atoms with Gasteiger partial charge >= 0.3 is 0 Å². The number of hydrogen-bond donors (Lipinski definition) is 1. The molecule has 2 aromatic carbocycles. The third kappa shape index (κ3) is 4.33. The molecule has 4 heteroatoms. The Morgan fingerprint density at radius 2 is 1.52 bits per heavy atom. The SMILES string of the molecule is CC(C)OOc1cc(C(C)C)c(OO)c(C(C)C)c1-c1ccccc1. The van der Waals surface area contributed by atoms with E-state index in [-0.39, 0.29) is 17.9 Å². The van der Waals surface area contributed by atoms with Crippen molar-refractivity contribution in [2.24, 2.45) is 0 Å². The van der Waals surface area contributed by atoms with Crippen LogP contribution in [0.25, 0.3) is 11.1 Å². The van der Waals surface area contributed by atoms with Gasteiger partial charge in [-0.3, -0.25) is 0 Å². The fourth-order valence-corrected chi connectivity index (χ4v) is 2.88. The van der Waals surface area contributed by atoms with E-state index in [0.29, 0.717) is 11.5 Å². The minimum atomic E-state index is -0.0672. The third-order valence-corrected chi connectivity index (χ3v) is 3.99. The average Bonchev–Trinajstić information content (AvgIpc) is 2.58. The Bertz CT molecular complexity index is 691. The third-order valence-electron chi connectivity index (χ3n) is 3.99. The second kappa shape index (κ2) is 8.37. The summed E-state index contributed by atoms with van der Waals surface area (Å²) in [7, 11) is 0. The Labute approximate surface area is 150 Å². The summed E-state index contributed by atoms with van der Waals surface area (Å²) >= 11 is 0. The highest BCUT2D eigenvalue weighted by atomic mass is 17.2. The summed E-state index contributed by atoms with van der Waals surface area (Å²) in [6.07, 6.45) is -0.0672. The molecular weight excluding hydrogens is 316 g/mol. The standard InChI is InChI=1S/C21H28O4/c1-13(2)17-12-18(25-24-15(5)6)20(16-10-8-7-9-11-16)19(14(3)4)21(17)23-22/h7-15,22H,1-6H3. The lowest BCUT2D eigenvalue weighted by molar-refractivity contribution is -0.234. The first-order chi connectivity index (χ1) is 11.9. The van der Waals surface area contributed by atoms with Crippen molar-refractivity contribution in [1.82, 2.24) is 0 Å². The lowest BCUT2D eigenvalue weighted by Crippen LogP contribution is -2.10. The first kappa shape index (κ1) is 19.3. The normalized spacial score (nSPS) is 11.4. The molecule has 0 amide bonds. The summed E-state index contributed by atoms with van der Waals surface area (Å²) in [5, 5.41) is 9.61. The number of hydrogen-bond acceptors (Lipinski definition) is 4. The van der Waals surface area contributed by atoms with E-state index in [4.69, 9.17) is 14.7 Å². The minimum Gasteiger partial charge on any atom is -0.340 e. The Hall–Kier alpha value is -2.04. The van der Waals surface area contributed by atoms with Crippen molar-refractivity contribution in [3.05, 3.63) is 47.5 Å². The molecule has 0 atom stereocenters. The molecule has 0 unspecified atom stereocenters. The van der Waals surface area contributed by atoms with E-state index in [1.54, 1.807) is 0 Å². The molecule has 25 heavy (non-hydrogen) atoms. The fraction of sp³-hybridized carbons (Fsp3) is 0.429. The highest BCUT2D eigenvalue weighted by Gasteiger charge is 2.26. The largest absolute Gasteiger partial charge is 0.340 e. The van der Waals surface area contributed by atoms with Crippen LogP contribution in [0.15, 0.2) is 36.4 Å². The summed E-state index contributed by atoms with van der Waals surface area (Å²) in [5.74, 6) is 1.41. The van der Waals surface area contributed by atoms with Crippen LogP contribution in [0.5, 0.6) is 11.5 Å². The lowest BCUT2D eigenvalue weighted by Gasteiger charge is -2.23. The minimum absolute atomic E-state index is 0.0672. The molecule has 4 nitrogen and oxygen atoms in total. The van der Waals surface area contributed by atoms with Crippen molar-refractivity contribution in [1.29, 1.82) is 0 Å². The molecule has 0 bridgehead atoms. The molecule has 0 saturated heterocycles. The fourth-order valence-electron chi connectivity index (χ4n) is 2.88. The zero-order valence-electron chi connectivity index (χ0n) is 15.9. The van der Waals surface area contributed by atoms with Gasteiger partial charge in [0.2, 0.25) is 0 Å². The average molecular weight is 344 g/mol. The van der Waals surface area contributed by atoms with Gasteiger partial charge < -0.3 is 9.78 Å². The van der Waals surface area contributed by atoms with Crippen LogP contribution in [0.3, 0.4) is 0 Å². The van der Waals surface area contributed by atoms with E-state index in [1.807, 2.05) is 50.2 Å². The van der Waals surface area contributed by atoms with Crippen LogP contribution in [0.4, 0.5) is 0 Å². The maximum absolute atomic E-state index is 9.61. The predicted molar refractivity (Wildman–Crippen MR) is 100 cm³/mol. The quantitative estimate of drug-likeness (QED) is 0.482. The smallest absolute Gasteiger partial charge is 0.174 e. The molecule has 0 radical (unpaired) electrons. The molecule has 0 heterocycles. The zero-order chi connectivity index (χ0) is 18.6. The van der Waals surface area contributed by atoms with Crippen molar-refractivity contribution < 1.29 is 19.9 Å². The van der Waals surface area contributed by atoms with Gasteiger partial charge in [0.15, 0.2) is 11.5 Å². The number of benzene rings is 2. The Kier molecular flexibility index (Phi) is 6.45. The van der Waals surface area contributed by atoms with Gasteiger partial charge in [-0.15, -0.1) is 0 Å². The van der Waals surface area contributed by atoms with Crippen molar-refractivity contribution in [3.63, 3.8) is 0 Å². The van der Waals surface area contributed by atoms with Gasteiger partial charge in [0, 0.05) is 16.7 Å². The van der Waals surface area contributed by atoms with Crippen LogP contribution in [0, 0.1) is 0 Å². The maximum atomic E-state index is 9.61. The summed E-state index contributed by atoms with van der Waals surface area (Å²) in [4.78, 5) is 16.0. The van der Waals surface area contributed by atoms with E-state index < -0.39 is 0 Å². The topological polar surface area (TPSA) is 47.9 Å². The molecule has 136 valence electrons. The molecule has 0 saturated carbocycles. The van der Waals surface area contributed by atoms with Crippen LogP contribution in [0.1, 0.15) is 64.5 Å². The Morgan fingerprint density at radius 1 is 0.880 bits per heavy atom. The van der Waals surface area contributed by atoms with Gasteiger partial charge in [-0.1, -0.05) is 58.0 Å². The molecule has 2 aromatic rings. The van der Waals surface area contributed by atoms with Gasteiger partial charge in [-0.2, -0.15) is 4.89 Å². The highest BCUT2D eigenvalue weighted by molar-refractivity contribution is 5.78. The molecule has 2 rings (SSSR count). The van der Waals surface area contributed by atoms with E-state index in [1.165, 1.54) is 0 Å². The molecule has 1 N–H and O–H groups in total. The van der Waals surface area contributed by atoms with Gasteiger partial charge in [0.05, 0.1) is 6.10 Å². The van der Waals surface area contributed by atoms with Crippen molar-refractivity contribution in [2.75, 3.05) is 0 Å². The first-order valence-electron chi connectivity index (χ1n) is 8.77. The summed E-state index contributed by atoms with van der Waals surface area (Å²) in [6, 6.07) is 11.8. The van der Waals surface area contributed by atoms with E-state index in [0.717, 1.165) is 22.3 Å². The summed E-state index contributed by atoms with van der Waals surface area (Å²) < 4.78 is 0. The van der Waals surface area contributed by atoms with E-state index >= 15 is 0 Å². The zero-order valence-corrected chi connectivity index (χ0v) is 15.9. The molecule has 0 fully saturated rings. The second-order valence-corrected chi connectivity index (χ2v) is 7.08. The van der Waals surface area contributed by atoms with Crippen LogP contribution in [0.2, 0.25) is 0 Å². The van der Waals surface area contributed by atoms with Gasteiger partial charge in [-0.05, 0) is 37.3 Å². The monoisotopic (exact) mass is 344 g/mol. The molecule has 0 aliphatic heterocycles. The Balaban J connectivity index is 2.79. The van der Waals surface area contributed by atoms with E-state index in [9.17, 15) is 5.26 Å². The lowest BCUT2D eigenvalue weighted by atomic mass is 9.86. The van der Waals surface area contributed by atoms with Crippen molar-refractivity contribution in [2.45, 2.75) is 59.5 Å². The molecule has 0 aliphatic rings. The van der Waals surface area contributed by atoms with Crippen LogP contribution >= 0.6 is 0 Å². The van der Waals surface area contributed by atoms with E-state index in [2.05, 4.69) is 27.7 Å². The molecule has 0 aliphatic carbocycles.